The van der Waals surface area contributed by atoms with Gasteiger partial charge in [-0.25, -0.2) is 9.07 Å². The SMILES string of the molecule is Fc1cccc(C2NCCn3nnnc32)c1. The van der Waals surface area contributed by atoms with Gasteiger partial charge in [-0.05, 0) is 28.1 Å². The van der Waals surface area contributed by atoms with Gasteiger partial charge in [0.2, 0.25) is 0 Å². The van der Waals surface area contributed by atoms with Gasteiger partial charge in [-0.1, -0.05) is 12.1 Å². The highest BCUT2D eigenvalue weighted by atomic mass is 19.1. The van der Waals surface area contributed by atoms with Gasteiger partial charge < -0.3 is 5.32 Å². The Labute approximate surface area is 91.3 Å². The van der Waals surface area contributed by atoms with Crippen LogP contribution in [0.5, 0.6) is 0 Å². The standard InChI is InChI=1S/C10H10FN5/c11-8-3-1-2-7(6-8)9-10-13-14-15-16(10)5-4-12-9/h1-3,6,9,12H,4-5H2. The second-order valence-electron chi connectivity index (χ2n) is 3.70. The Morgan fingerprint density at radius 2 is 2.38 bits per heavy atom. The Hall–Kier alpha value is -1.82. The highest BCUT2D eigenvalue weighted by molar-refractivity contribution is 5.25. The smallest absolute Gasteiger partial charge is 0.172 e. The molecule has 5 nitrogen and oxygen atoms in total. The van der Waals surface area contributed by atoms with Crippen molar-refractivity contribution in [2.45, 2.75) is 12.6 Å². The Bertz CT molecular complexity index is 509. The number of rotatable bonds is 1. The van der Waals surface area contributed by atoms with Crippen molar-refractivity contribution in [3.63, 3.8) is 0 Å². The van der Waals surface area contributed by atoms with E-state index in [9.17, 15) is 4.39 Å². The van der Waals surface area contributed by atoms with E-state index in [2.05, 4.69) is 20.8 Å². The summed E-state index contributed by atoms with van der Waals surface area (Å²) in [6, 6.07) is 6.36. The molecular formula is C10H10FN5. The molecular weight excluding hydrogens is 209 g/mol. The second kappa shape index (κ2) is 3.64. The average molecular weight is 219 g/mol. The molecule has 2 heterocycles. The van der Waals surface area contributed by atoms with Gasteiger partial charge in [-0.3, -0.25) is 0 Å². The number of aromatic nitrogens is 4. The van der Waals surface area contributed by atoms with E-state index < -0.39 is 0 Å². The molecule has 2 aromatic rings. The van der Waals surface area contributed by atoms with Gasteiger partial charge in [0, 0.05) is 6.54 Å². The summed E-state index contributed by atoms with van der Waals surface area (Å²) in [7, 11) is 0. The molecule has 82 valence electrons. The lowest BCUT2D eigenvalue weighted by Crippen LogP contribution is -2.34. The molecule has 0 spiro atoms. The van der Waals surface area contributed by atoms with Gasteiger partial charge in [0.15, 0.2) is 5.82 Å². The zero-order chi connectivity index (χ0) is 11.0. The van der Waals surface area contributed by atoms with Gasteiger partial charge in [0.05, 0.1) is 12.6 Å². The summed E-state index contributed by atoms with van der Waals surface area (Å²) in [5.74, 6) is 0.487. The summed E-state index contributed by atoms with van der Waals surface area (Å²) >= 11 is 0. The molecule has 3 rings (SSSR count). The van der Waals surface area contributed by atoms with Crippen LogP contribution in [0.4, 0.5) is 4.39 Å². The molecule has 1 aliphatic heterocycles. The van der Waals surface area contributed by atoms with Crippen LogP contribution in [0.15, 0.2) is 24.3 Å². The largest absolute Gasteiger partial charge is 0.302 e. The van der Waals surface area contributed by atoms with E-state index in [1.165, 1.54) is 12.1 Å². The quantitative estimate of drug-likeness (QED) is 0.759. The number of hydrogen-bond donors (Lipinski definition) is 1. The van der Waals surface area contributed by atoms with E-state index in [-0.39, 0.29) is 11.9 Å². The van der Waals surface area contributed by atoms with Crippen molar-refractivity contribution in [3.8, 4) is 0 Å². The normalized spacial score (nSPS) is 19.4. The number of nitrogens with zero attached hydrogens (tertiary/aromatic N) is 4. The van der Waals surface area contributed by atoms with Crippen LogP contribution in [0.2, 0.25) is 0 Å². The minimum atomic E-state index is -0.246. The number of tetrazole rings is 1. The monoisotopic (exact) mass is 219 g/mol. The lowest BCUT2D eigenvalue weighted by Gasteiger charge is -2.23. The number of fused-ring (bicyclic) bond motifs is 1. The molecule has 1 aromatic carbocycles. The Morgan fingerprint density at radius 3 is 3.25 bits per heavy atom. The summed E-state index contributed by atoms with van der Waals surface area (Å²) in [5.41, 5.74) is 0.843. The first kappa shape index (κ1) is 9.41. The minimum Gasteiger partial charge on any atom is -0.302 e. The zero-order valence-electron chi connectivity index (χ0n) is 8.47. The van der Waals surface area contributed by atoms with Gasteiger partial charge in [-0.15, -0.1) is 5.10 Å². The Morgan fingerprint density at radius 1 is 1.44 bits per heavy atom. The van der Waals surface area contributed by atoms with Crippen molar-refractivity contribution >= 4 is 0 Å². The lowest BCUT2D eigenvalue weighted by atomic mass is 10.1. The molecule has 6 heteroatoms. The van der Waals surface area contributed by atoms with E-state index in [4.69, 9.17) is 0 Å². The van der Waals surface area contributed by atoms with Gasteiger partial charge in [-0.2, -0.15) is 0 Å². The molecule has 0 amide bonds. The fourth-order valence-electron chi connectivity index (χ4n) is 1.94. The van der Waals surface area contributed by atoms with Crippen molar-refractivity contribution in [2.24, 2.45) is 0 Å². The maximum atomic E-state index is 13.1. The molecule has 16 heavy (non-hydrogen) atoms. The molecule has 0 radical (unpaired) electrons. The van der Waals surface area contributed by atoms with E-state index in [1.807, 2.05) is 6.07 Å². The van der Waals surface area contributed by atoms with Gasteiger partial charge in [0.1, 0.15) is 5.82 Å². The van der Waals surface area contributed by atoms with Crippen LogP contribution in [0.25, 0.3) is 0 Å². The number of hydrogen-bond acceptors (Lipinski definition) is 4. The first-order valence-corrected chi connectivity index (χ1v) is 5.09. The lowest BCUT2D eigenvalue weighted by molar-refractivity contribution is 0.424. The Balaban J connectivity index is 2.04. The molecule has 0 saturated heterocycles. The summed E-state index contributed by atoms with van der Waals surface area (Å²) in [4.78, 5) is 0. The van der Waals surface area contributed by atoms with E-state index in [1.54, 1.807) is 10.7 Å². The molecule has 0 aliphatic carbocycles. The zero-order valence-corrected chi connectivity index (χ0v) is 8.47. The third kappa shape index (κ3) is 1.47. The Kier molecular flexibility index (Phi) is 2.14. The highest BCUT2D eigenvalue weighted by Crippen LogP contribution is 2.22. The number of benzene rings is 1. The minimum absolute atomic E-state index is 0.126. The van der Waals surface area contributed by atoms with Crippen molar-refractivity contribution in [1.82, 2.24) is 25.5 Å². The van der Waals surface area contributed by atoms with Crippen molar-refractivity contribution < 1.29 is 4.39 Å². The van der Waals surface area contributed by atoms with Crippen LogP contribution < -0.4 is 5.32 Å². The first-order valence-electron chi connectivity index (χ1n) is 5.09. The molecule has 1 aromatic heterocycles. The fraction of sp³-hybridized carbons (Fsp3) is 0.300. The van der Waals surface area contributed by atoms with Crippen LogP contribution in [-0.2, 0) is 6.54 Å². The fourth-order valence-corrected chi connectivity index (χ4v) is 1.94. The second-order valence-corrected chi connectivity index (χ2v) is 3.70. The third-order valence-corrected chi connectivity index (χ3v) is 2.67. The van der Waals surface area contributed by atoms with Crippen LogP contribution >= 0.6 is 0 Å². The van der Waals surface area contributed by atoms with Crippen LogP contribution in [0, 0.1) is 5.82 Å². The van der Waals surface area contributed by atoms with Crippen LogP contribution in [0.3, 0.4) is 0 Å². The number of nitrogens with one attached hydrogen (secondary N) is 1. The van der Waals surface area contributed by atoms with E-state index in [0.29, 0.717) is 0 Å². The molecule has 1 atom stereocenters. The predicted molar refractivity (Wildman–Crippen MR) is 54.1 cm³/mol. The average Bonchev–Trinajstić information content (AvgIpc) is 2.76. The summed E-state index contributed by atoms with van der Waals surface area (Å²) in [6.45, 7) is 1.52. The summed E-state index contributed by atoms with van der Waals surface area (Å²) < 4.78 is 14.9. The molecule has 1 N–H and O–H groups in total. The predicted octanol–water partition coefficient (Wildman–Crippen LogP) is 0.505. The van der Waals surface area contributed by atoms with E-state index in [0.717, 1.165) is 24.5 Å². The maximum absolute atomic E-state index is 13.1. The molecule has 0 bridgehead atoms. The molecule has 1 unspecified atom stereocenters. The molecule has 0 saturated carbocycles. The van der Waals surface area contributed by atoms with Gasteiger partial charge >= 0.3 is 0 Å². The topological polar surface area (TPSA) is 55.6 Å². The van der Waals surface area contributed by atoms with Gasteiger partial charge in [0.25, 0.3) is 0 Å². The molecule has 1 aliphatic rings. The highest BCUT2D eigenvalue weighted by Gasteiger charge is 2.24. The van der Waals surface area contributed by atoms with Crippen LogP contribution in [0.1, 0.15) is 17.4 Å². The van der Waals surface area contributed by atoms with Crippen molar-refractivity contribution in [1.29, 1.82) is 0 Å². The number of halogens is 1. The molecule has 0 fully saturated rings. The third-order valence-electron chi connectivity index (χ3n) is 2.67. The van der Waals surface area contributed by atoms with Crippen molar-refractivity contribution in [2.75, 3.05) is 6.54 Å². The van der Waals surface area contributed by atoms with Crippen LogP contribution in [-0.4, -0.2) is 26.8 Å². The summed E-state index contributed by atoms with van der Waals surface area (Å²) in [5, 5.41) is 14.7. The van der Waals surface area contributed by atoms with E-state index >= 15 is 0 Å². The first-order chi connectivity index (χ1) is 7.84. The summed E-state index contributed by atoms with van der Waals surface area (Å²) in [6.07, 6.45) is 0. The maximum Gasteiger partial charge on any atom is 0.172 e. The van der Waals surface area contributed by atoms with Crippen molar-refractivity contribution in [3.05, 3.63) is 41.5 Å².